The van der Waals surface area contributed by atoms with Crippen molar-refractivity contribution in [3.8, 4) is 0 Å². The Kier molecular flexibility index (Phi) is 8.87. The second-order valence-corrected chi connectivity index (χ2v) is 6.04. The van der Waals surface area contributed by atoms with Crippen molar-refractivity contribution >= 4 is 11.9 Å². The number of unbranched alkanes of at least 4 members (excludes halogenated alkanes) is 1. The Morgan fingerprint density at radius 1 is 1.29 bits per heavy atom. The topological polar surface area (TPSA) is 76.7 Å². The highest BCUT2D eigenvalue weighted by atomic mass is 16.5. The van der Waals surface area contributed by atoms with Crippen molar-refractivity contribution in [2.24, 2.45) is 10.7 Å². The lowest BCUT2D eigenvalue weighted by molar-refractivity contribution is -0.141. The first-order valence-electron chi connectivity index (χ1n) is 8.31. The van der Waals surface area contributed by atoms with Crippen LogP contribution in [-0.2, 0) is 9.53 Å². The van der Waals surface area contributed by atoms with Crippen molar-refractivity contribution in [3.05, 3.63) is 0 Å². The van der Waals surface area contributed by atoms with E-state index in [1.54, 1.807) is 0 Å². The Bertz CT molecular complexity index is 331. The third kappa shape index (κ3) is 9.32. The molecule has 3 N–H and O–H groups in total. The maximum atomic E-state index is 10.7. The third-order valence-corrected chi connectivity index (χ3v) is 3.88. The van der Waals surface area contributed by atoms with Crippen LogP contribution in [0.3, 0.4) is 0 Å². The second kappa shape index (κ2) is 10.5. The molecular formula is C16H31N3O2. The van der Waals surface area contributed by atoms with Gasteiger partial charge in [0.05, 0.1) is 12.6 Å². The molecule has 5 nitrogen and oxygen atoms in total. The van der Waals surface area contributed by atoms with E-state index in [-0.39, 0.29) is 5.97 Å². The molecule has 0 saturated heterocycles. The molecule has 5 heteroatoms. The number of hydrogen-bond acceptors (Lipinski definition) is 5. The van der Waals surface area contributed by atoms with Crippen LogP contribution in [0, 0.1) is 0 Å². The molecule has 21 heavy (non-hydrogen) atoms. The summed E-state index contributed by atoms with van der Waals surface area (Å²) in [5.41, 5.74) is 6.00. The maximum absolute atomic E-state index is 10.7. The molecule has 0 amide bonds. The van der Waals surface area contributed by atoms with Crippen LogP contribution in [0.1, 0.15) is 71.6 Å². The summed E-state index contributed by atoms with van der Waals surface area (Å²) in [5, 5.41) is 3.28. The Hall–Kier alpha value is -1.26. The van der Waals surface area contributed by atoms with Gasteiger partial charge in [0.2, 0.25) is 0 Å². The molecule has 0 unspecified atom stereocenters. The molecule has 0 aromatic carbocycles. The number of hydrogen-bond donors (Lipinski definition) is 2. The summed E-state index contributed by atoms with van der Waals surface area (Å²) >= 11 is 0. The summed E-state index contributed by atoms with van der Waals surface area (Å²) in [6.45, 7) is 4.12. The van der Waals surface area contributed by atoms with E-state index in [1.165, 1.54) is 32.6 Å². The molecule has 0 aromatic rings. The number of ether oxygens (including phenoxy) is 1. The van der Waals surface area contributed by atoms with E-state index in [2.05, 4.69) is 17.2 Å². The average Bonchev–Trinajstić information content (AvgIpc) is 2.43. The van der Waals surface area contributed by atoms with E-state index < -0.39 is 0 Å². The lowest BCUT2D eigenvalue weighted by Gasteiger charge is -2.16. The summed E-state index contributed by atoms with van der Waals surface area (Å²) in [5.74, 6) is 0.375. The number of rotatable bonds is 5. The first kappa shape index (κ1) is 17.8. The van der Waals surface area contributed by atoms with Gasteiger partial charge in [-0.2, -0.15) is 0 Å². The Morgan fingerprint density at radius 3 is 2.71 bits per heavy atom. The molecule has 0 radical (unpaired) electrons. The van der Waals surface area contributed by atoms with E-state index in [0.717, 1.165) is 32.1 Å². The molecule has 0 fully saturated rings. The quantitative estimate of drug-likeness (QED) is 0.604. The molecule has 0 aliphatic carbocycles. The molecule has 0 aromatic heterocycles. The summed E-state index contributed by atoms with van der Waals surface area (Å²) in [6.07, 6.45) is 10.2. The zero-order chi connectivity index (χ0) is 15.5. The largest absolute Gasteiger partial charge is 0.466 e. The van der Waals surface area contributed by atoms with E-state index >= 15 is 0 Å². The third-order valence-electron chi connectivity index (χ3n) is 3.88. The fraction of sp³-hybridized carbons (Fsp3) is 0.875. The lowest BCUT2D eigenvalue weighted by atomic mass is 10.0. The molecule has 0 saturated carbocycles. The van der Waals surface area contributed by atoms with Gasteiger partial charge in [-0.15, -0.1) is 0 Å². The van der Waals surface area contributed by atoms with Crippen molar-refractivity contribution in [1.82, 2.24) is 5.32 Å². The highest BCUT2D eigenvalue weighted by molar-refractivity contribution is 5.78. The van der Waals surface area contributed by atoms with Crippen LogP contribution in [0.25, 0.3) is 0 Å². The van der Waals surface area contributed by atoms with E-state index in [0.29, 0.717) is 24.7 Å². The Morgan fingerprint density at radius 2 is 2.00 bits per heavy atom. The van der Waals surface area contributed by atoms with E-state index in [1.807, 2.05) is 0 Å². The van der Waals surface area contributed by atoms with Crippen LogP contribution in [-0.4, -0.2) is 30.6 Å². The van der Waals surface area contributed by atoms with Gasteiger partial charge in [-0.05, 0) is 39.0 Å². The number of carbonyl (C=O) groups excluding carboxylic acids is 1. The van der Waals surface area contributed by atoms with Crippen LogP contribution >= 0.6 is 0 Å². The summed E-state index contributed by atoms with van der Waals surface area (Å²) in [7, 11) is 0. The van der Waals surface area contributed by atoms with Crippen molar-refractivity contribution in [2.75, 3.05) is 6.61 Å². The van der Waals surface area contributed by atoms with Gasteiger partial charge < -0.3 is 15.8 Å². The maximum Gasteiger partial charge on any atom is 0.302 e. The number of nitrogens with zero attached hydrogens (tertiary/aromatic N) is 1. The number of aliphatic imine (C=N–C) groups is 1. The fourth-order valence-corrected chi connectivity index (χ4v) is 2.71. The van der Waals surface area contributed by atoms with Gasteiger partial charge in [-0.25, -0.2) is 0 Å². The smallest absolute Gasteiger partial charge is 0.302 e. The predicted octanol–water partition coefficient (Wildman–Crippen LogP) is 2.74. The minimum atomic E-state index is -0.203. The molecule has 0 spiro atoms. The van der Waals surface area contributed by atoms with Crippen LogP contribution in [0.4, 0.5) is 0 Å². The second-order valence-electron chi connectivity index (χ2n) is 6.04. The molecule has 1 aliphatic rings. The van der Waals surface area contributed by atoms with Gasteiger partial charge >= 0.3 is 5.97 Å². The van der Waals surface area contributed by atoms with Crippen molar-refractivity contribution < 1.29 is 9.53 Å². The summed E-state index contributed by atoms with van der Waals surface area (Å²) in [6, 6.07) is 0.691. The van der Waals surface area contributed by atoms with Gasteiger partial charge in [0.15, 0.2) is 5.96 Å². The van der Waals surface area contributed by atoms with Crippen LogP contribution in [0.5, 0.6) is 0 Å². The average molecular weight is 297 g/mol. The molecule has 0 bridgehead atoms. The van der Waals surface area contributed by atoms with Crippen LogP contribution < -0.4 is 11.1 Å². The first-order chi connectivity index (χ1) is 10.1. The Labute approximate surface area is 128 Å². The van der Waals surface area contributed by atoms with Gasteiger partial charge in [0, 0.05) is 13.0 Å². The normalized spacial score (nSPS) is 24.4. The fourth-order valence-electron chi connectivity index (χ4n) is 2.71. The molecule has 1 heterocycles. The van der Waals surface area contributed by atoms with Gasteiger partial charge in [0.1, 0.15) is 0 Å². The SMILES string of the molecule is CC(=O)OCCCC[C@H]1CCCCCC[C@@H](C)NC(N)=N1. The molecule has 1 rings (SSSR count). The molecule has 122 valence electrons. The predicted molar refractivity (Wildman–Crippen MR) is 86.2 cm³/mol. The van der Waals surface area contributed by atoms with Gasteiger partial charge in [0.25, 0.3) is 0 Å². The Balaban J connectivity index is 2.37. The molecule has 1 aliphatic heterocycles. The highest BCUT2D eigenvalue weighted by Gasteiger charge is 2.11. The van der Waals surface area contributed by atoms with Crippen molar-refractivity contribution in [3.63, 3.8) is 0 Å². The molecule has 2 atom stereocenters. The standard InChI is InChI=1S/C16H31N3O2/c1-13-9-5-3-4-6-10-15(19-16(17)18-13)11-7-8-12-21-14(2)20/h13,15H,3-12H2,1-2H3,(H3,17,18,19)/t13-,15-/m1/s1. The first-order valence-corrected chi connectivity index (χ1v) is 8.31. The number of nitrogens with two attached hydrogens (primary N) is 1. The molecular weight excluding hydrogens is 266 g/mol. The van der Waals surface area contributed by atoms with Crippen molar-refractivity contribution in [2.45, 2.75) is 83.7 Å². The van der Waals surface area contributed by atoms with Gasteiger partial charge in [-0.1, -0.05) is 25.7 Å². The minimum Gasteiger partial charge on any atom is -0.466 e. The highest BCUT2D eigenvalue weighted by Crippen LogP contribution is 2.16. The lowest BCUT2D eigenvalue weighted by Crippen LogP contribution is -2.39. The van der Waals surface area contributed by atoms with Gasteiger partial charge in [-0.3, -0.25) is 9.79 Å². The number of guanidine groups is 1. The van der Waals surface area contributed by atoms with Crippen LogP contribution in [0.15, 0.2) is 4.99 Å². The summed E-state index contributed by atoms with van der Waals surface area (Å²) < 4.78 is 4.95. The number of carbonyl (C=O) groups is 1. The van der Waals surface area contributed by atoms with E-state index in [4.69, 9.17) is 10.5 Å². The van der Waals surface area contributed by atoms with Crippen LogP contribution in [0.2, 0.25) is 0 Å². The van der Waals surface area contributed by atoms with E-state index in [9.17, 15) is 4.79 Å². The number of nitrogens with one attached hydrogen (secondary N) is 1. The number of esters is 1. The minimum absolute atomic E-state index is 0.203. The van der Waals surface area contributed by atoms with Crippen molar-refractivity contribution in [1.29, 1.82) is 0 Å². The zero-order valence-electron chi connectivity index (χ0n) is 13.6. The zero-order valence-corrected chi connectivity index (χ0v) is 13.6. The summed E-state index contributed by atoms with van der Waals surface area (Å²) in [4.78, 5) is 15.3. The monoisotopic (exact) mass is 297 g/mol.